The largest absolute Gasteiger partial charge is 0.528 e. The summed E-state index contributed by atoms with van der Waals surface area (Å²) in [4.78, 5) is 22.4. The van der Waals surface area contributed by atoms with Crippen LogP contribution >= 0.6 is 0 Å². The number of benzene rings is 1. The zero-order chi connectivity index (χ0) is 18.3. The average Bonchev–Trinajstić information content (AvgIpc) is 2.57. The quantitative estimate of drug-likeness (QED) is 0.666. The van der Waals surface area contributed by atoms with Crippen LogP contribution in [0, 0.1) is 34.5 Å². The van der Waals surface area contributed by atoms with Crippen LogP contribution in [0.2, 0.25) is 0 Å². The van der Waals surface area contributed by atoms with Crippen molar-refractivity contribution in [3.8, 4) is 17.6 Å². The Morgan fingerprint density at radius 3 is 2.42 bits per heavy atom. The van der Waals surface area contributed by atoms with Gasteiger partial charge in [0, 0.05) is 10.3 Å². The van der Waals surface area contributed by atoms with E-state index in [2.05, 4.69) is 11.8 Å². The molecular formula is C21H25N2O3+. The summed E-state index contributed by atoms with van der Waals surface area (Å²) in [5.74, 6) is 9.08. The summed E-state index contributed by atoms with van der Waals surface area (Å²) in [5, 5.41) is 0. The van der Waals surface area contributed by atoms with E-state index in [0.29, 0.717) is 0 Å². The smallest absolute Gasteiger partial charge is 0.487 e. The van der Waals surface area contributed by atoms with Crippen molar-refractivity contribution in [3.05, 3.63) is 34.7 Å². The second kappa shape index (κ2) is 6.42. The predicted molar refractivity (Wildman–Crippen MR) is 97.5 cm³/mol. The van der Waals surface area contributed by atoms with Crippen LogP contribution in [0.5, 0.6) is 5.75 Å². The van der Waals surface area contributed by atoms with Crippen LogP contribution in [0.4, 0.5) is 4.79 Å². The first-order chi connectivity index (χ1) is 12.4. The lowest BCUT2D eigenvalue weighted by atomic mass is 9.54. The fraction of sp³-hybridized carbons (Fsp3) is 0.571. The van der Waals surface area contributed by atoms with Gasteiger partial charge in [-0.25, -0.2) is 5.73 Å². The van der Waals surface area contributed by atoms with Crippen molar-refractivity contribution in [1.82, 2.24) is 0 Å². The van der Waals surface area contributed by atoms with E-state index in [4.69, 9.17) is 10.5 Å². The lowest BCUT2D eigenvalue weighted by Crippen LogP contribution is -2.53. The molecule has 5 nitrogen and oxygen atoms in total. The maximum atomic E-state index is 11.5. The lowest BCUT2D eigenvalue weighted by molar-refractivity contribution is -0.470. The summed E-state index contributed by atoms with van der Waals surface area (Å²) in [6, 6.07) is 5.92. The van der Waals surface area contributed by atoms with Gasteiger partial charge < -0.3 is 4.74 Å². The highest BCUT2D eigenvalue weighted by molar-refractivity contribution is 5.62. The molecule has 4 aliphatic carbocycles. The molecule has 2 N–H and O–H groups in total. The summed E-state index contributed by atoms with van der Waals surface area (Å²) in [6.45, 7) is 1.56. The van der Waals surface area contributed by atoms with Crippen molar-refractivity contribution >= 4 is 6.03 Å². The third-order valence-electron chi connectivity index (χ3n) is 6.14. The number of hydrogen-bond acceptors (Lipinski definition) is 3. The van der Waals surface area contributed by atoms with Gasteiger partial charge in [0.05, 0.1) is 0 Å². The van der Waals surface area contributed by atoms with Crippen LogP contribution in [0.1, 0.15) is 51.0 Å². The van der Waals surface area contributed by atoms with Crippen molar-refractivity contribution in [2.24, 2.45) is 23.5 Å². The molecule has 4 bridgehead atoms. The van der Waals surface area contributed by atoms with Gasteiger partial charge >= 0.3 is 6.03 Å². The van der Waals surface area contributed by atoms with Crippen LogP contribution in [0.15, 0.2) is 24.3 Å². The molecule has 1 atom stereocenters. The molecule has 4 fully saturated rings. The molecule has 0 aromatic heterocycles. The number of nitrogens with two attached hydrogens (primary N) is 1. The molecule has 136 valence electrons. The van der Waals surface area contributed by atoms with Crippen molar-refractivity contribution in [2.45, 2.75) is 57.1 Å². The maximum Gasteiger partial charge on any atom is 0.528 e. The minimum absolute atomic E-state index is 0.00583. The van der Waals surface area contributed by atoms with E-state index < -0.39 is 12.1 Å². The first-order valence-corrected chi connectivity index (χ1v) is 9.49. The molecular weight excluding hydrogens is 328 g/mol. The third-order valence-corrected chi connectivity index (χ3v) is 6.14. The van der Waals surface area contributed by atoms with Gasteiger partial charge in [0.15, 0.2) is 0 Å². The van der Waals surface area contributed by atoms with Crippen LogP contribution < -0.4 is 10.5 Å². The molecule has 4 saturated carbocycles. The number of carbonyl (C=O) groups is 1. The Hall–Kier alpha value is -2.35. The second-order valence-electron chi connectivity index (χ2n) is 8.34. The first-order valence-electron chi connectivity index (χ1n) is 9.49. The van der Waals surface area contributed by atoms with Crippen LogP contribution in [-0.4, -0.2) is 22.4 Å². The third kappa shape index (κ3) is 3.33. The van der Waals surface area contributed by atoms with E-state index in [1.54, 1.807) is 6.92 Å². The van der Waals surface area contributed by atoms with Gasteiger partial charge in [-0.15, -0.1) is 0 Å². The van der Waals surface area contributed by atoms with Crippen LogP contribution in [0.3, 0.4) is 0 Å². The summed E-state index contributed by atoms with van der Waals surface area (Å²) in [5.41, 5.74) is 5.76. The predicted octanol–water partition coefficient (Wildman–Crippen LogP) is 3.63. The second-order valence-corrected chi connectivity index (χ2v) is 8.34. The summed E-state index contributed by atoms with van der Waals surface area (Å²) in [6.07, 6.45) is 7.69. The maximum absolute atomic E-state index is 11.5. The van der Waals surface area contributed by atoms with E-state index in [1.807, 2.05) is 24.3 Å². The molecule has 5 rings (SSSR count). The van der Waals surface area contributed by atoms with Crippen molar-refractivity contribution in [3.63, 3.8) is 0 Å². The Balaban J connectivity index is 1.49. The Labute approximate surface area is 153 Å². The topological polar surface area (TPSA) is 72.4 Å². The standard InChI is InChI=1S/C21H24N2O3/c1-14(23(25)20(22)24)5-6-15-3-2-4-19(10-15)26-21-11-16-7-17(12-21)9-18(8-16)13-21/h2-4,10,14,16-18H,7-9,11-13H2,1H3,(H-,22,24)/p+1/t14-,16?,17?,18?,21?/m1/s1. The zero-order valence-electron chi connectivity index (χ0n) is 15.1. The molecule has 0 heterocycles. The number of urea groups is 1. The lowest BCUT2D eigenvalue weighted by Gasteiger charge is -2.56. The molecule has 1 aromatic rings. The fourth-order valence-electron chi connectivity index (χ4n) is 5.48. The van der Waals surface area contributed by atoms with E-state index in [9.17, 15) is 9.70 Å². The van der Waals surface area contributed by atoms with Gasteiger partial charge in [0.25, 0.3) is 0 Å². The molecule has 2 amide bonds. The summed E-state index contributed by atoms with van der Waals surface area (Å²) in [7, 11) is 0. The van der Waals surface area contributed by atoms with Crippen LogP contribution in [0.25, 0.3) is 0 Å². The molecule has 0 aliphatic heterocycles. The molecule has 26 heavy (non-hydrogen) atoms. The number of nitrogens with zero attached hydrogens (tertiary/aromatic N) is 1. The first kappa shape index (κ1) is 17.1. The summed E-state index contributed by atoms with van der Waals surface area (Å²) >= 11 is 0. The van der Waals surface area contributed by atoms with E-state index in [-0.39, 0.29) is 10.4 Å². The zero-order valence-corrected chi connectivity index (χ0v) is 15.1. The molecule has 0 unspecified atom stereocenters. The fourth-order valence-corrected chi connectivity index (χ4v) is 5.48. The molecule has 0 spiro atoms. The number of primary amides is 1. The highest BCUT2D eigenvalue weighted by Gasteiger charge is 2.52. The Kier molecular flexibility index (Phi) is 4.22. The SMILES string of the molecule is C[C@H](C#Cc1cccc(OC23CC4CC(CC(C4)C2)C3)c1)[N+](=O)C(N)=O. The Morgan fingerprint density at radius 1 is 1.23 bits per heavy atom. The van der Waals surface area contributed by atoms with Crippen molar-refractivity contribution < 1.29 is 14.3 Å². The molecule has 1 aromatic carbocycles. The highest BCUT2D eigenvalue weighted by atomic mass is 16.5. The van der Waals surface area contributed by atoms with Crippen molar-refractivity contribution in [2.75, 3.05) is 0 Å². The van der Waals surface area contributed by atoms with E-state index in [0.717, 1.165) is 29.1 Å². The summed E-state index contributed by atoms with van der Waals surface area (Å²) < 4.78 is 6.72. The minimum Gasteiger partial charge on any atom is -0.487 e. The van der Waals surface area contributed by atoms with Gasteiger partial charge in [0.1, 0.15) is 11.4 Å². The number of hydrogen-bond donors (Lipinski definition) is 1. The molecule has 0 saturated heterocycles. The average molecular weight is 353 g/mol. The van der Waals surface area contributed by atoms with Gasteiger partial charge in [-0.2, -0.15) is 4.79 Å². The Bertz CT molecular complexity index is 770. The van der Waals surface area contributed by atoms with Gasteiger partial charge in [0.2, 0.25) is 6.04 Å². The van der Waals surface area contributed by atoms with E-state index in [1.165, 1.54) is 38.5 Å². The van der Waals surface area contributed by atoms with Crippen molar-refractivity contribution in [1.29, 1.82) is 0 Å². The number of ether oxygens (including phenoxy) is 1. The monoisotopic (exact) mass is 353 g/mol. The normalized spacial score (nSPS) is 32.4. The molecule has 0 radical (unpaired) electrons. The molecule has 5 heteroatoms. The van der Waals surface area contributed by atoms with Gasteiger partial charge in [-0.05, 0) is 87.3 Å². The van der Waals surface area contributed by atoms with E-state index >= 15 is 0 Å². The minimum atomic E-state index is -1.02. The number of nitroso groups, excluding NO2 is 1. The van der Waals surface area contributed by atoms with Gasteiger partial charge in [-0.3, -0.25) is 0 Å². The Morgan fingerprint density at radius 2 is 1.85 bits per heavy atom. The number of carbonyl (C=O) groups excluding carboxylic acids is 1. The van der Waals surface area contributed by atoms with Crippen LogP contribution in [-0.2, 0) is 0 Å². The molecule has 4 aliphatic rings. The number of amides is 2. The highest BCUT2D eigenvalue weighted by Crippen LogP contribution is 2.57. The van der Waals surface area contributed by atoms with Gasteiger partial charge in [-0.1, -0.05) is 16.9 Å². The number of rotatable bonds is 3.